The quantitative estimate of drug-likeness (QED) is 0.389. The van der Waals surface area contributed by atoms with Crippen LogP contribution in [0.1, 0.15) is 18.9 Å². The number of fused-ring (bicyclic) bond motifs is 1. The van der Waals surface area contributed by atoms with E-state index in [9.17, 15) is 14.4 Å². The molecule has 5 rings (SSSR count). The maximum absolute atomic E-state index is 14.0. The van der Waals surface area contributed by atoms with Crippen LogP contribution in [0.3, 0.4) is 0 Å². The van der Waals surface area contributed by atoms with Crippen molar-refractivity contribution in [2.45, 2.75) is 19.8 Å². The lowest BCUT2D eigenvalue weighted by Gasteiger charge is -2.19. The van der Waals surface area contributed by atoms with E-state index in [-0.39, 0.29) is 16.6 Å². The molecular formula is C29H26N4O3. The van der Waals surface area contributed by atoms with E-state index in [4.69, 9.17) is 0 Å². The summed E-state index contributed by atoms with van der Waals surface area (Å²) >= 11 is 0. The molecule has 0 aliphatic rings. The van der Waals surface area contributed by atoms with Gasteiger partial charge in [-0.05, 0) is 42.3 Å². The highest BCUT2D eigenvalue weighted by Crippen LogP contribution is 2.26. The molecule has 0 saturated heterocycles. The largest absolute Gasteiger partial charge is 0.354 e. The van der Waals surface area contributed by atoms with Crippen LogP contribution < -0.4 is 22.1 Å². The molecule has 0 amide bonds. The first-order valence-electron chi connectivity index (χ1n) is 11.9. The Hall–Kier alpha value is -4.65. The molecule has 0 unspecified atom stereocenters. The number of para-hydroxylation sites is 3. The summed E-state index contributed by atoms with van der Waals surface area (Å²) in [5.74, 6) is 0. The van der Waals surface area contributed by atoms with Crippen LogP contribution in [0.2, 0.25) is 0 Å². The second-order valence-electron chi connectivity index (χ2n) is 8.62. The lowest BCUT2D eigenvalue weighted by molar-refractivity contribution is 0.784. The summed E-state index contributed by atoms with van der Waals surface area (Å²) in [6.07, 6.45) is 1.79. The zero-order valence-corrected chi connectivity index (χ0v) is 20.1. The Morgan fingerprint density at radius 1 is 0.722 bits per heavy atom. The predicted molar refractivity (Wildman–Crippen MR) is 144 cm³/mol. The number of rotatable bonds is 6. The average Bonchev–Trinajstić information content (AvgIpc) is 2.89. The van der Waals surface area contributed by atoms with E-state index in [1.165, 1.54) is 15.2 Å². The van der Waals surface area contributed by atoms with Crippen LogP contribution in [0.25, 0.3) is 22.4 Å². The second kappa shape index (κ2) is 9.54. The van der Waals surface area contributed by atoms with Gasteiger partial charge < -0.3 is 5.32 Å². The fourth-order valence-corrected chi connectivity index (χ4v) is 4.53. The van der Waals surface area contributed by atoms with Crippen LogP contribution in [-0.4, -0.2) is 13.7 Å². The number of nitrogens with zero attached hydrogens (tertiary/aromatic N) is 3. The van der Waals surface area contributed by atoms with Crippen molar-refractivity contribution in [3.63, 3.8) is 0 Å². The molecule has 0 saturated carbocycles. The van der Waals surface area contributed by atoms with Crippen molar-refractivity contribution in [1.29, 1.82) is 0 Å². The molecular weight excluding hydrogens is 452 g/mol. The lowest BCUT2D eigenvalue weighted by Crippen LogP contribution is -2.40. The predicted octanol–water partition coefficient (Wildman–Crippen LogP) is 4.54. The van der Waals surface area contributed by atoms with E-state index < -0.39 is 11.2 Å². The van der Waals surface area contributed by atoms with Gasteiger partial charge in [-0.25, -0.2) is 13.9 Å². The maximum atomic E-state index is 14.0. The molecule has 7 nitrogen and oxygen atoms in total. The van der Waals surface area contributed by atoms with Gasteiger partial charge in [-0.3, -0.25) is 14.2 Å². The van der Waals surface area contributed by atoms with Gasteiger partial charge in [-0.15, -0.1) is 0 Å². The standard InChI is InChI=1S/C29H26N4O3/c1-3-12-20-13-10-11-18-23(20)30-24-19-25(34)31(2)27-26(24)28(35)33(22-16-8-5-9-17-22)29(36)32(27)21-14-6-4-7-15-21/h4-11,13-19,30H,3,12H2,1-2H3. The fraction of sp³-hybridized carbons (Fsp3) is 0.138. The lowest BCUT2D eigenvalue weighted by atomic mass is 10.1. The molecule has 0 spiro atoms. The van der Waals surface area contributed by atoms with Crippen molar-refractivity contribution in [3.05, 3.63) is 128 Å². The Bertz CT molecular complexity index is 1730. The van der Waals surface area contributed by atoms with E-state index in [1.54, 1.807) is 43.4 Å². The zero-order chi connectivity index (χ0) is 25.2. The molecule has 7 heteroatoms. The summed E-state index contributed by atoms with van der Waals surface area (Å²) in [7, 11) is 1.57. The van der Waals surface area contributed by atoms with E-state index >= 15 is 0 Å². The first-order valence-corrected chi connectivity index (χ1v) is 11.9. The highest BCUT2D eigenvalue weighted by atomic mass is 16.2. The topological polar surface area (TPSA) is 78.0 Å². The number of benzene rings is 3. The number of pyridine rings is 1. The van der Waals surface area contributed by atoms with Crippen molar-refractivity contribution in [3.8, 4) is 11.4 Å². The monoisotopic (exact) mass is 478 g/mol. The third-order valence-electron chi connectivity index (χ3n) is 6.26. The highest BCUT2D eigenvalue weighted by molar-refractivity contribution is 5.92. The molecule has 0 fully saturated rings. The van der Waals surface area contributed by atoms with Gasteiger partial charge >= 0.3 is 5.69 Å². The molecule has 2 heterocycles. The molecule has 36 heavy (non-hydrogen) atoms. The third kappa shape index (κ3) is 3.94. The normalized spacial score (nSPS) is 11.1. The number of hydrogen-bond donors (Lipinski definition) is 1. The minimum Gasteiger partial charge on any atom is -0.354 e. The molecule has 0 aliphatic carbocycles. The molecule has 5 aromatic rings. The van der Waals surface area contributed by atoms with Gasteiger partial charge in [0, 0.05) is 18.8 Å². The molecule has 2 aromatic heterocycles. The Kier molecular flexibility index (Phi) is 6.12. The van der Waals surface area contributed by atoms with Crippen LogP contribution in [0, 0.1) is 0 Å². The Morgan fingerprint density at radius 3 is 1.94 bits per heavy atom. The molecule has 0 atom stereocenters. The Morgan fingerprint density at radius 2 is 1.31 bits per heavy atom. The van der Waals surface area contributed by atoms with Crippen molar-refractivity contribution >= 4 is 22.4 Å². The van der Waals surface area contributed by atoms with Crippen LogP contribution >= 0.6 is 0 Å². The van der Waals surface area contributed by atoms with Crippen molar-refractivity contribution in [2.24, 2.45) is 7.05 Å². The van der Waals surface area contributed by atoms with Gasteiger partial charge in [0.05, 0.1) is 17.1 Å². The van der Waals surface area contributed by atoms with Crippen LogP contribution in [0.15, 0.2) is 105 Å². The molecule has 0 aliphatic heterocycles. The fourth-order valence-electron chi connectivity index (χ4n) is 4.53. The van der Waals surface area contributed by atoms with Crippen LogP contribution in [0.4, 0.5) is 11.4 Å². The third-order valence-corrected chi connectivity index (χ3v) is 6.26. The van der Waals surface area contributed by atoms with Gasteiger partial charge in [0.25, 0.3) is 11.1 Å². The number of aryl methyl sites for hydroxylation is 2. The van der Waals surface area contributed by atoms with Gasteiger partial charge in [-0.2, -0.15) is 0 Å². The van der Waals surface area contributed by atoms with E-state index in [0.717, 1.165) is 28.7 Å². The van der Waals surface area contributed by atoms with Crippen LogP contribution in [-0.2, 0) is 13.5 Å². The Balaban J connectivity index is 1.93. The molecule has 0 bridgehead atoms. The van der Waals surface area contributed by atoms with Gasteiger partial charge in [-0.1, -0.05) is 67.9 Å². The molecule has 180 valence electrons. The second-order valence-corrected chi connectivity index (χ2v) is 8.62. The maximum Gasteiger partial charge on any atom is 0.341 e. The zero-order valence-electron chi connectivity index (χ0n) is 20.1. The first kappa shape index (κ1) is 23.1. The van der Waals surface area contributed by atoms with Gasteiger partial charge in [0.15, 0.2) is 0 Å². The van der Waals surface area contributed by atoms with Crippen molar-refractivity contribution in [1.82, 2.24) is 13.7 Å². The summed E-state index contributed by atoms with van der Waals surface area (Å²) in [6, 6.07) is 27.1. The highest BCUT2D eigenvalue weighted by Gasteiger charge is 2.22. The molecule has 1 N–H and O–H groups in total. The molecule has 0 radical (unpaired) electrons. The van der Waals surface area contributed by atoms with Crippen molar-refractivity contribution < 1.29 is 0 Å². The summed E-state index contributed by atoms with van der Waals surface area (Å²) in [5, 5.41) is 3.59. The van der Waals surface area contributed by atoms with E-state index in [0.29, 0.717) is 17.1 Å². The van der Waals surface area contributed by atoms with Crippen LogP contribution in [0.5, 0.6) is 0 Å². The summed E-state index contributed by atoms with van der Waals surface area (Å²) in [6.45, 7) is 2.10. The number of aromatic nitrogens is 3. The number of anilines is 2. The smallest absolute Gasteiger partial charge is 0.341 e. The van der Waals surface area contributed by atoms with Gasteiger partial charge in [0.1, 0.15) is 11.0 Å². The van der Waals surface area contributed by atoms with E-state index in [1.807, 2.05) is 48.5 Å². The minimum absolute atomic E-state index is 0.228. The summed E-state index contributed by atoms with van der Waals surface area (Å²) in [4.78, 5) is 41.0. The Labute approximate surface area is 207 Å². The van der Waals surface area contributed by atoms with Gasteiger partial charge in [0.2, 0.25) is 0 Å². The van der Waals surface area contributed by atoms with Crippen molar-refractivity contribution in [2.75, 3.05) is 5.32 Å². The minimum atomic E-state index is -0.552. The number of nitrogens with one attached hydrogen (secondary N) is 1. The SMILES string of the molecule is CCCc1ccccc1Nc1cc(=O)n(C)c2c1c(=O)n(-c1ccccc1)c(=O)n2-c1ccccc1. The first-order chi connectivity index (χ1) is 17.5. The summed E-state index contributed by atoms with van der Waals surface area (Å²) in [5.41, 5.74) is 2.09. The molecule has 3 aromatic carbocycles. The van der Waals surface area contributed by atoms with E-state index in [2.05, 4.69) is 12.2 Å². The number of hydrogen-bond acceptors (Lipinski definition) is 4. The summed E-state index contributed by atoms with van der Waals surface area (Å²) < 4.78 is 3.93. The average molecular weight is 479 g/mol.